The first-order valence-corrected chi connectivity index (χ1v) is 11.7. The Bertz CT molecular complexity index is 1130. The summed E-state index contributed by atoms with van der Waals surface area (Å²) in [5, 5.41) is 2.88. The average molecular weight is 444 g/mol. The molecule has 31 heavy (non-hydrogen) atoms. The average Bonchev–Trinajstić information content (AvgIpc) is 2.86. The molecule has 2 aromatic rings. The highest BCUT2D eigenvalue weighted by atomic mass is 32.2. The van der Waals surface area contributed by atoms with Gasteiger partial charge in [0.15, 0.2) is 11.5 Å². The van der Waals surface area contributed by atoms with Gasteiger partial charge in [-0.2, -0.15) is 0 Å². The van der Waals surface area contributed by atoms with Crippen molar-refractivity contribution in [1.29, 1.82) is 0 Å². The maximum Gasteiger partial charge on any atom is 0.263 e. The van der Waals surface area contributed by atoms with Crippen LogP contribution < -0.4 is 19.5 Å². The van der Waals surface area contributed by atoms with E-state index in [0.717, 1.165) is 6.42 Å². The number of ether oxygens (including phenoxy) is 2. The van der Waals surface area contributed by atoms with Gasteiger partial charge in [0.2, 0.25) is 5.91 Å². The summed E-state index contributed by atoms with van der Waals surface area (Å²) in [7, 11) is -3.67. The van der Waals surface area contributed by atoms with Crippen LogP contribution in [-0.2, 0) is 14.8 Å². The molecule has 0 fully saturated rings. The minimum atomic E-state index is -3.67. The lowest BCUT2D eigenvalue weighted by Gasteiger charge is -2.17. The third-order valence-corrected chi connectivity index (χ3v) is 6.36. The van der Waals surface area contributed by atoms with Crippen molar-refractivity contribution < 1.29 is 22.7 Å². The van der Waals surface area contributed by atoms with Crippen LogP contribution in [0.3, 0.4) is 0 Å². The van der Waals surface area contributed by atoms with Crippen LogP contribution in [0.4, 0.5) is 5.69 Å². The van der Waals surface area contributed by atoms with E-state index >= 15 is 0 Å². The Kier molecular flexibility index (Phi) is 5.86. The van der Waals surface area contributed by atoms with E-state index in [1.54, 1.807) is 36.4 Å². The highest BCUT2D eigenvalue weighted by Crippen LogP contribution is 2.32. The second kappa shape index (κ2) is 8.58. The molecule has 2 aliphatic rings. The molecule has 4 rings (SSSR count). The highest BCUT2D eigenvalue weighted by molar-refractivity contribution is 7.90. The monoisotopic (exact) mass is 443 g/mol. The summed E-state index contributed by atoms with van der Waals surface area (Å²) in [6.07, 6.45) is 1.26. The summed E-state index contributed by atoms with van der Waals surface area (Å²) in [4.78, 5) is 17.8. The van der Waals surface area contributed by atoms with Gasteiger partial charge >= 0.3 is 0 Å². The van der Waals surface area contributed by atoms with E-state index in [2.05, 4.69) is 15.0 Å². The number of amides is 1. The first kappa shape index (κ1) is 21.2. The highest BCUT2D eigenvalue weighted by Gasteiger charge is 2.32. The number of sulfonamides is 1. The molecule has 0 saturated heterocycles. The maximum atomic E-state index is 13.1. The molecule has 0 saturated carbocycles. The Morgan fingerprint density at radius 2 is 1.87 bits per heavy atom. The molecule has 2 heterocycles. The number of nitrogens with zero attached hydrogens (tertiary/aromatic N) is 1. The van der Waals surface area contributed by atoms with E-state index in [4.69, 9.17) is 9.47 Å². The van der Waals surface area contributed by atoms with Gasteiger partial charge in [0, 0.05) is 23.7 Å². The fourth-order valence-electron chi connectivity index (χ4n) is 3.52. The van der Waals surface area contributed by atoms with Gasteiger partial charge in [-0.3, -0.25) is 14.5 Å². The fourth-order valence-corrected chi connectivity index (χ4v) is 4.76. The number of aliphatic imine (C=N–C) groups is 1. The third kappa shape index (κ3) is 4.66. The largest absolute Gasteiger partial charge is 0.490 e. The molecule has 164 valence electrons. The molecular formula is C22H25N3O5S. The van der Waals surface area contributed by atoms with E-state index in [-0.39, 0.29) is 22.6 Å². The Balaban J connectivity index is 1.60. The SMILES string of the molecule is CC(C)CC(N=C1NS(=O)(=O)c2ccccc21)C(=O)Nc1ccc2c(c1)OCCCO2. The Morgan fingerprint density at radius 1 is 1.13 bits per heavy atom. The second-order valence-electron chi connectivity index (χ2n) is 7.93. The van der Waals surface area contributed by atoms with Crippen molar-refractivity contribution in [3.8, 4) is 11.5 Å². The van der Waals surface area contributed by atoms with E-state index in [1.807, 2.05) is 13.8 Å². The van der Waals surface area contributed by atoms with Crippen LogP contribution >= 0.6 is 0 Å². The summed E-state index contributed by atoms with van der Waals surface area (Å²) >= 11 is 0. The summed E-state index contributed by atoms with van der Waals surface area (Å²) in [5.41, 5.74) is 1.04. The number of anilines is 1. The predicted molar refractivity (Wildman–Crippen MR) is 117 cm³/mol. The fraction of sp³-hybridized carbons (Fsp3) is 0.364. The Labute approximate surface area is 181 Å². The molecule has 0 radical (unpaired) electrons. The van der Waals surface area contributed by atoms with Gasteiger partial charge in [-0.1, -0.05) is 26.0 Å². The number of nitrogens with one attached hydrogen (secondary N) is 2. The molecule has 1 atom stereocenters. The second-order valence-corrected chi connectivity index (χ2v) is 9.58. The number of carbonyl (C=O) groups excluding carboxylic acids is 1. The number of fused-ring (bicyclic) bond motifs is 2. The number of benzene rings is 2. The van der Waals surface area contributed by atoms with Gasteiger partial charge in [0.1, 0.15) is 11.9 Å². The van der Waals surface area contributed by atoms with Gasteiger partial charge in [0.25, 0.3) is 10.0 Å². The lowest BCUT2D eigenvalue weighted by molar-refractivity contribution is -0.117. The first-order chi connectivity index (χ1) is 14.8. The molecular weight excluding hydrogens is 418 g/mol. The minimum absolute atomic E-state index is 0.167. The standard InChI is InChI=1S/C22H25N3O5S/c1-14(2)12-17(24-21-16-6-3-4-7-20(16)31(27,28)25-21)22(26)23-15-8-9-18-19(13-15)30-11-5-10-29-18/h3-4,6-9,13-14,17H,5,10-12H2,1-2H3,(H,23,26)(H,24,25). The zero-order chi connectivity index (χ0) is 22.0. The molecule has 1 amide bonds. The zero-order valence-corrected chi connectivity index (χ0v) is 18.2. The van der Waals surface area contributed by atoms with Crippen LogP contribution in [0.5, 0.6) is 11.5 Å². The van der Waals surface area contributed by atoms with Gasteiger partial charge in [0.05, 0.1) is 18.1 Å². The van der Waals surface area contributed by atoms with Crippen molar-refractivity contribution in [2.75, 3.05) is 18.5 Å². The topological polar surface area (TPSA) is 106 Å². The molecule has 2 N–H and O–H groups in total. The van der Waals surface area contributed by atoms with Crippen molar-refractivity contribution in [3.63, 3.8) is 0 Å². The van der Waals surface area contributed by atoms with Crippen LogP contribution in [0.15, 0.2) is 52.4 Å². The van der Waals surface area contributed by atoms with Crippen LogP contribution in [0, 0.1) is 5.92 Å². The van der Waals surface area contributed by atoms with Crippen molar-refractivity contribution in [2.24, 2.45) is 10.9 Å². The Hall–Kier alpha value is -3.07. The van der Waals surface area contributed by atoms with Gasteiger partial charge in [-0.15, -0.1) is 0 Å². The number of rotatable bonds is 5. The van der Waals surface area contributed by atoms with E-state index < -0.39 is 16.1 Å². The zero-order valence-electron chi connectivity index (χ0n) is 17.4. The van der Waals surface area contributed by atoms with Crippen molar-refractivity contribution in [1.82, 2.24) is 4.72 Å². The molecule has 0 bridgehead atoms. The van der Waals surface area contributed by atoms with Gasteiger partial charge in [-0.25, -0.2) is 8.42 Å². The van der Waals surface area contributed by atoms with E-state index in [1.165, 1.54) is 6.07 Å². The molecule has 2 aliphatic heterocycles. The quantitative estimate of drug-likeness (QED) is 0.739. The third-order valence-electron chi connectivity index (χ3n) is 4.96. The molecule has 8 nitrogen and oxygen atoms in total. The molecule has 0 spiro atoms. The summed E-state index contributed by atoms with van der Waals surface area (Å²) < 4.78 is 38.5. The smallest absolute Gasteiger partial charge is 0.263 e. The van der Waals surface area contributed by atoms with Crippen molar-refractivity contribution in [2.45, 2.75) is 37.6 Å². The van der Waals surface area contributed by atoms with Crippen molar-refractivity contribution in [3.05, 3.63) is 48.0 Å². The first-order valence-electron chi connectivity index (χ1n) is 10.2. The molecule has 9 heteroatoms. The number of hydrogen-bond acceptors (Lipinski definition) is 6. The summed E-state index contributed by atoms with van der Waals surface area (Å²) in [6.45, 7) is 5.11. The van der Waals surface area contributed by atoms with Crippen LogP contribution in [0.25, 0.3) is 0 Å². The van der Waals surface area contributed by atoms with E-state index in [9.17, 15) is 13.2 Å². The lowest BCUT2D eigenvalue weighted by Crippen LogP contribution is -2.31. The predicted octanol–water partition coefficient (Wildman–Crippen LogP) is 2.94. The normalized spacial score (nSPS) is 18.7. The number of carbonyl (C=O) groups is 1. The molecule has 2 aromatic carbocycles. The minimum Gasteiger partial charge on any atom is -0.490 e. The van der Waals surface area contributed by atoms with Crippen LogP contribution in [0.1, 0.15) is 32.3 Å². The summed E-state index contributed by atoms with van der Waals surface area (Å²) in [6, 6.07) is 11.1. The molecule has 0 aliphatic carbocycles. The maximum absolute atomic E-state index is 13.1. The molecule has 1 unspecified atom stereocenters. The Morgan fingerprint density at radius 3 is 2.65 bits per heavy atom. The van der Waals surface area contributed by atoms with Gasteiger partial charge in [-0.05, 0) is 36.6 Å². The number of amidine groups is 1. The van der Waals surface area contributed by atoms with Crippen LogP contribution in [0.2, 0.25) is 0 Å². The number of hydrogen-bond donors (Lipinski definition) is 2. The summed E-state index contributed by atoms with van der Waals surface area (Å²) in [5.74, 6) is 1.28. The van der Waals surface area contributed by atoms with E-state index in [0.29, 0.717) is 42.4 Å². The lowest BCUT2D eigenvalue weighted by atomic mass is 10.0. The molecule has 0 aromatic heterocycles. The van der Waals surface area contributed by atoms with Crippen LogP contribution in [-0.4, -0.2) is 39.4 Å². The van der Waals surface area contributed by atoms with Crippen molar-refractivity contribution >= 4 is 27.5 Å². The van der Waals surface area contributed by atoms with Gasteiger partial charge < -0.3 is 14.8 Å².